The lowest BCUT2D eigenvalue weighted by Gasteiger charge is -1.85. The fraction of sp³-hybridized carbons (Fsp3) is 1.00. The third-order valence-corrected chi connectivity index (χ3v) is 0.567. The molecule has 0 N–H and O–H groups in total. The van der Waals surface area contributed by atoms with E-state index in [2.05, 4.69) is 0 Å². The maximum absolute atomic E-state index is 10.8. The van der Waals surface area contributed by atoms with Gasteiger partial charge in [-0.3, -0.25) is 0 Å². The van der Waals surface area contributed by atoms with E-state index in [1.54, 1.807) is 0 Å². The first kappa shape index (κ1) is 6.14. The molecule has 0 aromatic carbocycles. The van der Waals surface area contributed by atoms with Crippen molar-refractivity contribution in [1.82, 2.24) is 0 Å². The van der Waals surface area contributed by atoms with Crippen LogP contribution in [0.15, 0.2) is 0 Å². The van der Waals surface area contributed by atoms with Crippen LogP contribution in [0.5, 0.6) is 0 Å². The van der Waals surface area contributed by atoms with Crippen LogP contribution in [0.3, 0.4) is 0 Å². The molecule has 0 amide bonds. The highest BCUT2D eigenvalue weighted by molar-refractivity contribution is 7.99. The van der Waals surface area contributed by atoms with Crippen molar-refractivity contribution in [2.24, 2.45) is 0 Å². The maximum atomic E-state index is 10.8. The molecule has 4 heteroatoms. The predicted molar refractivity (Wildman–Crippen MR) is 19.6 cm³/mol. The minimum absolute atomic E-state index is 0.0139. The summed E-state index contributed by atoms with van der Waals surface area (Å²) in [6.07, 6.45) is 0. The summed E-state index contributed by atoms with van der Waals surface area (Å²) in [6.45, 7) is 0. The monoisotopic (exact) mass is 116 g/mol. The van der Waals surface area contributed by atoms with E-state index >= 15 is 0 Å². The average molecular weight is 116 g/mol. The molecule has 0 rings (SSSR count). The van der Waals surface area contributed by atoms with Crippen molar-refractivity contribution in [1.29, 1.82) is 0 Å². The van der Waals surface area contributed by atoms with Gasteiger partial charge in [0.2, 0.25) is 0 Å². The Morgan fingerprint density at radius 3 is 2.00 bits per heavy atom. The Kier molecular flexibility index (Phi) is 3.41. The number of hydrogen-bond donors (Lipinski definition) is 0. The second-order valence-corrected chi connectivity index (χ2v) is 1.44. The molecular weight excluding hydrogens is 113 g/mol. The zero-order chi connectivity index (χ0) is 4.99. The van der Waals surface area contributed by atoms with E-state index in [4.69, 9.17) is 0 Å². The Labute approximate surface area is 37.7 Å². The summed E-state index contributed by atoms with van der Waals surface area (Å²) in [6, 6.07) is -1.00. The summed E-state index contributed by atoms with van der Waals surface area (Å²) >= 11 is -0.0139. The molecule has 0 bridgehead atoms. The molecule has 0 fully saturated rings. The van der Waals surface area contributed by atoms with Gasteiger partial charge in [-0.05, 0) is 0 Å². The Bertz CT molecular complexity index is 30.0. The molecule has 0 aliphatic heterocycles. The number of halogens is 3. The molecule has 0 spiro atoms. The standard InChI is InChI=1S/C2H3F3S/c3-1-6-2(4)5/h2H,1H2. The highest BCUT2D eigenvalue weighted by Crippen LogP contribution is 2.11. The van der Waals surface area contributed by atoms with Gasteiger partial charge in [0.25, 0.3) is 5.76 Å². The molecule has 0 atom stereocenters. The topological polar surface area (TPSA) is 0 Å². The zero-order valence-electron chi connectivity index (χ0n) is 2.83. The van der Waals surface area contributed by atoms with Gasteiger partial charge in [0, 0.05) is 0 Å². The third kappa shape index (κ3) is 4.14. The maximum Gasteiger partial charge on any atom is 0.286 e. The van der Waals surface area contributed by atoms with Crippen molar-refractivity contribution in [3.8, 4) is 0 Å². The second kappa shape index (κ2) is 3.33. The number of hydrogen-bond acceptors (Lipinski definition) is 1. The van der Waals surface area contributed by atoms with Crippen molar-refractivity contribution in [2.75, 3.05) is 6.01 Å². The molecule has 0 saturated carbocycles. The fourth-order valence-corrected chi connectivity index (χ4v) is 0.143. The van der Waals surface area contributed by atoms with Gasteiger partial charge in [-0.1, -0.05) is 11.8 Å². The van der Waals surface area contributed by atoms with E-state index in [0.29, 0.717) is 0 Å². The van der Waals surface area contributed by atoms with Gasteiger partial charge in [0.1, 0.15) is 6.01 Å². The van der Waals surface area contributed by atoms with Gasteiger partial charge in [0.15, 0.2) is 0 Å². The van der Waals surface area contributed by atoms with E-state index in [-0.39, 0.29) is 11.8 Å². The quantitative estimate of drug-likeness (QED) is 0.530. The molecule has 0 aliphatic carbocycles. The molecule has 0 radical (unpaired) electrons. The van der Waals surface area contributed by atoms with Crippen molar-refractivity contribution in [2.45, 2.75) is 5.76 Å². The molecule has 0 unspecified atom stereocenters. The SMILES string of the molecule is FCSC(F)F. The summed E-state index contributed by atoms with van der Waals surface area (Å²) in [5.41, 5.74) is 0. The van der Waals surface area contributed by atoms with Crippen LogP contribution in [0, 0.1) is 0 Å². The molecule has 0 aromatic rings. The Morgan fingerprint density at radius 2 is 2.00 bits per heavy atom. The Balaban J connectivity index is 2.63. The smallest absolute Gasteiger partial charge is 0.239 e. The molecule has 0 aliphatic rings. The minimum atomic E-state index is -2.56. The summed E-state index contributed by atoms with van der Waals surface area (Å²) in [4.78, 5) is 0. The molecular formula is C2H3F3S. The van der Waals surface area contributed by atoms with E-state index in [1.165, 1.54) is 0 Å². The first-order chi connectivity index (χ1) is 2.77. The number of alkyl halides is 3. The van der Waals surface area contributed by atoms with E-state index in [1.807, 2.05) is 0 Å². The first-order valence-electron chi connectivity index (χ1n) is 1.23. The normalized spacial score (nSPS) is 10.0. The van der Waals surface area contributed by atoms with Crippen molar-refractivity contribution in [3.05, 3.63) is 0 Å². The van der Waals surface area contributed by atoms with Crippen LogP contribution >= 0.6 is 11.8 Å². The van der Waals surface area contributed by atoms with Crippen molar-refractivity contribution < 1.29 is 13.2 Å². The van der Waals surface area contributed by atoms with E-state index in [0.717, 1.165) is 0 Å². The average Bonchev–Trinajstić information content (AvgIpc) is 1.35. The van der Waals surface area contributed by atoms with Gasteiger partial charge in [-0.15, -0.1) is 0 Å². The van der Waals surface area contributed by atoms with Gasteiger partial charge in [0.05, 0.1) is 0 Å². The van der Waals surface area contributed by atoms with Gasteiger partial charge >= 0.3 is 0 Å². The summed E-state index contributed by atoms with van der Waals surface area (Å²) < 4.78 is 32.2. The zero-order valence-corrected chi connectivity index (χ0v) is 3.64. The summed E-state index contributed by atoms with van der Waals surface area (Å²) in [5, 5.41) is 0. The third-order valence-electron chi connectivity index (χ3n) is 0.189. The predicted octanol–water partition coefficient (Wildman–Crippen LogP) is 1.87. The fourth-order valence-electron chi connectivity index (χ4n) is 0.0476. The van der Waals surface area contributed by atoms with Gasteiger partial charge in [-0.25, -0.2) is 4.39 Å². The first-order valence-corrected chi connectivity index (χ1v) is 2.28. The van der Waals surface area contributed by atoms with Gasteiger partial charge in [-0.2, -0.15) is 8.78 Å². The van der Waals surface area contributed by atoms with E-state index in [9.17, 15) is 13.2 Å². The van der Waals surface area contributed by atoms with Crippen LogP contribution in [0.2, 0.25) is 0 Å². The van der Waals surface area contributed by atoms with Crippen LogP contribution < -0.4 is 0 Å². The Morgan fingerprint density at radius 1 is 1.50 bits per heavy atom. The van der Waals surface area contributed by atoms with Crippen LogP contribution in [0.25, 0.3) is 0 Å². The number of thioether (sulfide) groups is 1. The molecule has 6 heavy (non-hydrogen) atoms. The van der Waals surface area contributed by atoms with Crippen LogP contribution in [0.1, 0.15) is 0 Å². The van der Waals surface area contributed by atoms with Crippen molar-refractivity contribution in [3.63, 3.8) is 0 Å². The molecule has 38 valence electrons. The van der Waals surface area contributed by atoms with Crippen molar-refractivity contribution >= 4 is 11.8 Å². The Hall–Kier alpha value is 0.140. The lowest BCUT2D eigenvalue weighted by Crippen LogP contribution is -1.77. The molecule has 0 nitrogen and oxygen atoms in total. The minimum Gasteiger partial charge on any atom is -0.239 e. The summed E-state index contributed by atoms with van der Waals surface area (Å²) in [5.74, 6) is -2.56. The lowest BCUT2D eigenvalue weighted by molar-refractivity contribution is 0.250. The number of rotatable bonds is 2. The lowest BCUT2D eigenvalue weighted by atomic mass is 11.7. The molecule has 0 heterocycles. The second-order valence-electron chi connectivity index (χ2n) is 0.536. The molecule has 0 saturated heterocycles. The van der Waals surface area contributed by atoms with E-state index < -0.39 is 11.8 Å². The largest absolute Gasteiger partial charge is 0.286 e. The van der Waals surface area contributed by atoms with Gasteiger partial charge < -0.3 is 0 Å². The highest BCUT2D eigenvalue weighted by atomic mass is 32.2. The van der Waals surface area contributed by atoms with Crippen LogP contribution in [0.4, 0.5) is 13.2 Å². The van der Waals surface area contributed by atoms with Crippen LogP contribution in [-0.4, -0.2) is 11.8 Å². The highest BCUT2D eigenvalue weighted by Gasteiger charge is 1.98. The molecule has 0 aromatic heterocycles. The van der Waals surface area contributed by atoms with Crippen LogP contribution in [-0.2, 0) is 0 Å². The summed E-state index contributed by atoms with van der Waals surface area (Å²) in [7, 11) is 0.